The molecule has 2 aliphatic rings. The zero-order valence-electron chi connectivity index (χ0n) is 16.1. The lowest BCUT2D eigenvalue weighted by Gasteiger charge is -2.45. The molecule has 1 saturated heterocycles. The van der Waals surface area contributed by atoms with Crippen LogP contribution >= 0.6 is 0 Å². The number of nitrogens with two attached hydrogens (primary N) is 1. The van der Waals surface area contributed by atoms with Crippen LogP contribution in [-0.2, 0) is 10.3 Å². The number of carbonyl (C=O) groups excluding carboxylic acids is 1. The summed E-state index contributed by atoms with van der Waals surface area (Å²) in [7, 11) is 0. The molecule has 1 aliphatic carbocycles. The van der Waals surface area contributed by atoms with Crippen LogP contribution in [0.25, 0.3) is 0 Å². The molecular formula is C20H23F2N5O2. The second-order valence-electron chi connectivity index (χ2n) is 8.03. The molecule has 7 nitrogen and oxygen atoms in total. The van der Waals surface area contributed by atoms with E-state index in [2.05, 4.69) is 15.0 Å². The van der Waals surface area contributed by atoms with Crippen molar-refractivity contribution in [3.8, 4) is 0 Å². The molecule has 2 aromatic rings. The number of carbonyl (C=O) groups is 1. The SMILES string of the molecule is CC(C(N)=O)(c1ccc(C2CC2)cn1)N1CCC(F)(F)[C@@H](c2c[nH]c(=O)cn2)C1. The van der Waals surface area contributed by atoms with Gasteiger partial charge in [-0.05, 0) is 37.3 Å². The van der Waals surface area contributed by atoms with Gasteiger partial charge in [0.15, 0.2) is 0 Å². The Morgan fingerprint density at radius 3 is 2.62 bits per heavy atom. The smallest absolute Gasteiger partial charge is 0.266 e. The Kier molecular flexibility index (Phi) is 4.72. The lowest BCUT2D eigenvalue weighted by atomic mass is 9.85. The normalized spacial score (nSPS) is 24.0. The van der Waals surface area contributed by atoms with Gasteiger partial charge in [0, 0.05) is 31.9 Å². The summed E-state index contributed by atoms with van der Waals surface area (Å²) in [5.41, 5.74) is 5.57. The quantitative estimate of drug-likeness (QED) is 0.793. The van der Waals surface area contributed by atoms with Gasteiger partial charge in [0.05, 0.1) is 23.5 Å². The molecule has 0 aromatic carbocycles. The van der Waals surface area contributed by atoms with Crippen LogP contribution in [0.1, 0.15) is 55.0 Å². The first-order chi connectivity index (χ1) is 13.7. The fourth-order valence-corrected chi connectivity index (χ4v) is 3.96. The number of halogens is 2. The van der Waals surface area contributed by atoms with Crippen LogP contribution < -0.4 is 11.3 Å². The van der Waals surface area contributed by atoms with E-state index in [1.54, 1.807) is 24.1 Å². The number of likely N-dealkylation sites (tertiary alicyclic amines) is 1. The first kappa shape index (κ1) is 19.6. The van der Waals surface area contributed by atoms with E-state index in [9.17, 15) is 18.4 Å². The maximum Gasteiger partial charge on any atom is 0.266 e. The minimum absolute atomic E-state index is 0.0155. The van der Waals surface area contributed by atoms with Crippen LogP contribution in [0.2, 0.25) is 0 Å². The largest absolute Gasteiger partial charge is 0.368 e. The number of piperidine rings is 1. The highest BCUT2D eigenvalue weighted by Gasteiger charge is 2.52. The van der Waals surface area contributed by atoms with E-state index in [0.29, 0.717) is 11.6 Å². The number of nitrogens with zero attached hydrogens (tertiary/aromatic N) is 3. The monoisotopic (exact) mass is 403 g/mol. The predicted molar refractivity (Wildman–Crippen MR) is 101 cm³/mol. The first-order valence-electron chi connectivity index (χ1n) is 9.65. The third-order valence-electron chi connectivity index (χ3n) is 6.12. The summed E-state index contributed by atoms with van der Waals surface area (Å²) in [4.78, 5) is 36.1. The van der Waals surface area contributed by atoms with Gasteiger partial charge in [-0.25, -0.2) is 8.78 Å². The van der Waals surface area contributed by atoms with Gasteiger partial charge in [0.1, 0.15) is 5.54 Å². The average Bonchev–Trinajstić information content (AvgIpc) is 3.53. The molecule has 0 radical (unpaired) electrons. The van der Waals surface area contributed by atoms with Crippen molar-refractivity contribution < 1.29 is 13.6 Å². The standard InChI is InChI=1S/C20H23F2N5O2/c1-19(18(23)29,16-5-4-13(8-25-16)12-2-3-12)27-7-6-20(21,22)14(11-27)15-9-26-17(28)10-24-15/h4-5,8-10,12,14H,2-3,6-7,11H2,1H3,(H2,23,29)(H,26,28)/t14-,19?/m1/s1. The molecule has 0 spiro atoms. The van der Waals surface area contributed by atoms with E-state index in [1.807, 2.05) is 6.07 Å². The molecule has 1 amide bonds. The van der Waals surface area contributed by atoms with Gasteiger partial charge < -0.3 is 10.7 Å². The molecule has 3 N–H and O–H groups in total. The molecule has 0 bridgehead atoms. The predicted octanol–water partition coefficient (Wildman–Crippen LogP) is 1.87. The molecule has 3 heterocycles. The third kappa shape index (κ3) is 3.55. The number of aromatic nitrogens is 3. The van der Waals surface area contributed by atoms with Gasteiger partial charge in [-0.3, -0.25) is 24.5 Å². The van der Waals surface area contributed by atoms with Crippen molar-refractivity contribution in [1.29, 1.82) is 0 Å². The molecule has 9 heteroatoms. The van der Waals surface area contributed by atoms with E-state index >= 15 is 0 Å². The minimum Gasteiger partial charge on any atom is -0.368 e. The van der Waals surface area contributed by atoms with Gasteiger partial charge in [-0.15, -0.1) is 0 Å². The molecule has 2 atom stereocenters. The molecule has 154 valence electrons. The Labute approximate surface area is 166 Å². The Bertz CT molecular complexity index is 953. The van der Waals surface area contributed by atoms with Crippen LogP contribution in [0.15, 0.2) is 35.5 Å². The Balaban J connectivity index is 1.67. The zero-order valence-corrected chi connectivity index (χ0v) is 16.1. The lowest BCUT2D eigenvalue weighted by Crippen LogP contribution is -2.59. The molecule has 29 heavy (non-hydrogen) atoms. The summed E-state index contributed by atoms with van der Waals surface area (Å²) in [6.07, 6.45) is 5.73. The van der Waals surface area contributed by atoms with E-state index in [-0.39, 0.29) is 18.8 Å². The van der Waals surface area contributed by atoms with Gasteiger partial charge in [0.2, 0.25) is 5.91 Å². The summed E-state index contributed by atoms with van der Waals surface area (Å²) in [5, 5.41) is 0. The fourth-order valence-electron chi connectivity index (χ4n) is 3.96. The van der Waals surface area contributed by atoms with Crippen LogP contribution in [0.4, 0.5) is 8.78 Å². The van der Waals surface area contributed by atoms with Crippen LogP contribution in [0.5, 0.6) is 0 Å². The molecule has 1 saturated carbocycles. The number of H-pyrrole nitrogens is 1. The maximum absolute atomic E-state index is 14.7. The van der Waals surface area contributed by atoms with Crippen LogP contribution in [-0.4, -0.2) is 44.8 Å². The molecule has 1 unspecified atom stereocenters. The molecule has 1 aliphatic heterocycles. The van der Waals surface area contributed by atoms with E-state index in [1.165, 1.54) is 6.20 Å². The van der Waals surface area contributed by atoms with Crippen molar-refractivity contribution in [3.05, 3.63) is 58.0 Å². The summed E-state index contributed by atoms with van der Waals surface area (Å²) in [6, 6.07) is 3.69. The minimum atomic E-state index is -3.02. The van der Waals surface area contributed by atoms with E-state index < -0.39 is 35.3 Å². The highest BCUT2D eigenvalue weighted by Crippen LogP contribution is 2.44. The second-order valence-corrected chi connectivity index (χ2v) is 8.03. The lowest BCUT2D eigenvalue weighted by molar-refractivity contribution is -0.139. The number of primary amides is 1. The highest BCUT2D eigenvalue weighted by atomic mass is 19.3. The van der Waals surface area contributed by atoms with Crippen LogP contribution in [0, 0.1) is 0 Å². The van der Waals surface area contributed by atoms with Gasteiger partial charge >= 0.3 is 0 Å². The van der Waals surface area contributed by atoms with Gasteiger partial charge in [-0.2, -0.15) is 0 Å². The number of alkyl halides is 2. The van der Waals surface area contributed by atoms with Crippen molar-refractivity contribution in [1.82, 2.24) is 19.9 Å². The Morgan fingerprint density at radius 1 is 1.31 bits per heavy atom. The molecular weight excluding hydrogens is 380 g/mol. The summed E-state index contributed by atoms with van der Waals surface area (Å²) in [5.74, 6) is -4.44. The number of hydrogen-bond donors (Lipinski definition) is 2. The van der Waals surface area contributed by atoms with E-state index in [0.717, 1.165) is 24.6 Å². The third-order valence-corrected chi connectivity index (χ3v) is 6.12. The molecule has 4 rings (SSSR count). The Hall–Kier alpha value is -2.68. The second kappa shape index (κ2) is 6.98. The summed E-state index contributed by atoms with van der Waals surface area (Å²) >= 11 is 0. The van der Waals surface area contributed by atoms with Crippen LogP contribution in [0.3, 0.4) is 0 Å². The summed E-state index contributed by atoms with van der Waals surface area (Å²) < 4.78 is 29.4. The number of hydrogen-bond acceptors (Lipinski definition) is 5. The van der Waals surface area contributed by atoms with Crippen molar-refractivity contribution in [2.45, 2.75) is 49.5 Å². The van der Waals surface area contributed by atoms with E-state index in [4.69, 9.17) is 5.73 Å². The Morgan fingerprint density at radius 2 is 2.07 bits per heavy atom. The maximum atomic E-state index is 14.7. The molecule has 2 fully saturated rings. The molecule has 2 aromatic heterocycles. The number of amides is 1. The van der Waals surface area contributed by atoms with Crippen molar-refractivity contribution >= 4 is 5.91 Å². The number of aromatic amines is 1. The zero-order chi connectivity index (χ0) is 20.8. The fraction of sp³-hybridized carbons (Fsp3) is 0.500. The first-order valence-corrected chi connectivity index (χ1v) is 9.65. The van der Waals surface area contributed by atoms with Crippen molar-refractivity contribution in [3.63, 3.8) is 0 Å². The number of nitrogens with one attached hydrogen (secondary N) is 1. The number of rotatable bonds is 5. The number of pyridine rings is 1. The topological polar surface area (TPSA) is 105 Å². The van der Waals surface area contributed by atoms with Gasteiger partial charge in [0.25, 0.3) is 11.5 Å². The highest BCUT2D eigenvalue weighted by molar-refractivity contribution is 5.85. The average molecular weight is 403 g/mol. The van der Waals surface area contributed by atoms with Crippen molar-refractivity contribution in [2.24, 2.45) is 5.73 Å². The van der Waals surface area contributed by atoms with Crippen molar-refractivity contribution in [2.75, 3.05) is 13.1 Å². The summed E-state index contributed by atoms with van der Waals surface area (Å²) in [6.45, 7) is 1.46. The van der Waals surface area contributed by atoms with Gasteiger partial charge in [-0.1, -0.05) is 6.07 Å².